The van der Waals surface area contributed by atoms with Crippen molar-refractivity contribution in [2.24, 2.45) is 0 Å². The molecule has 0 radical (unpaired) electrons. The predicted octanol–water partition coefficient (Wildman–Crippen LogP) is 2.45. The first-order chi connectivity index (χ1) is 8.08. The minimum Gasteiger partial charge on any atom is -0.456 e. The summed E-state index contributed by atoms with van der Waals surface area (Å²) in [5, 5.41) is 0. The molecule has 0 saturated carbocycles. The molecule has 1 aromatic carbocycles. The van der Waals surface area contributed by atoms with Gasteiger partial charge in [-0.3, -0.25) is 4.79 Å². The maximum absolute atomic E-state index is 12.0. The minimum absolute atomic E-state index is 0.178. The quantitative estimate of drug-likeness (QED) is 0.806. The van der Waals surface area contributed by atoms with Crippen molar-refractivity contribution in [3.8, 4) is 0 Å². The van der Waals surface area contributed by atoms with Crippen LogP contribution in [0.4, 0.5) is 11.4 Å². The lowest BCUT2D eigenvalue weighted by Crippen LogP contribution is -2.25. The van der Waals surface area contributed by atoms with Gasteiger partial charge in [-0.1, -0.05) is 0 Å². The summed E-state index contributed by atoms with van der Waals surface area (Å²) in [6.45, 7) is 1.81. The van der Waals surface area contributed by atoms with Crippen molar-refractivity contribution in [3.05, 3.63) is 47.9 Å². The second-order valence-corrected chi connectivity index (χ2v) is 3.87. The van der Waals surface area contributed by atoms with E-state index in [1.54, 1.807) is 50.4 Å². The lowest BCUT2D eigenvalue weighted by molar-refractivity contribution is 0.0965. The molecule has 4 heteroatoms. The van der Waals surface area contributed by atoms with Gasteiger partial charge in [-0.25, -0.2) is 0 Å². The molecule has 0 bridgehead atoms. The van der Waals surface area contributed by atoms with Crippen LogP contribution in [0.1, 0.15) is 16.3 Å². The molecule has 0 aliphatic carbocycles. The summed E-state index contributed by atoms with van der Waals surface area (Å²) >= 11 is 0. The van der Waals surface area contributed by atoms with Gasteiger partial charge in [0.15, 0.2) is 5.76 Å². The van der Waals surface area contributed by atoms with Gasteiger partial charge < -0.3 is 15.1 Å². The third-order valence-electron chi connectivity index (χ3n) is 2.54. The molecular formula is C13H14N2O2. The van der Waals surface area contributed by atoms with Crippen LogP contribution < -0.4 is 10.6 Å². The Morgan fingerprint density at radius 3 is 2.35 bits per heavy atom. The van der Waals surface area contributed by atoms with E-state index in [0.717, 1.165) is 11.4 Å². The first-order valence-electron chi connectivity index (χ1n) is 5.28. The third kappa shape index (κ3) is 2.30. The van der Waals surface area contributed by atoms with E-state index in [2.05, 4.69) is 0 Å². The smallest absolute Gasteiger partial charge is 0.293 e. The average molecular weight is 230 g/mol. The van der Waals surface area contributed by atoms with Gasteiger partial charge in [-0.2, -0.15) is 0 Å². The second kappa shape index (κ2) is 4.33. The first-order valence-corrected chi connectivity index (χ1v) is 5.28. The Labute approximate surface area is 99.6 Å². The van der Waals surface area contributed by atoms with E-state index < -0.39 is 0 Å². The number of amides is 1. The summed E-state index contributed by atoms with van der Waals surface area (Å²) in [7, 11) is 1.70. The van der Waals surface area contributed by atoms with Crippen LogP contribution in [0.5, 0.6) is 0 Å². The van der Waals surface area contributed by atoms with Crippen molar-refractivity contribution in [3.63, 3.8) is 0 Å². The number of carbonyl (C=O) groups is 1. The first kappa shape index (κ1) is 11.3. The van der Waals surface area contributed by atoms with Crippen LogP contribution in [0.15, 0.2) is 40.8 Å². The zero-order valence-electron chi connectivity index (χ0n) is 9.81. The van der Waals surface area contributed by atoms with Crippen LogP contribution in [-0.4, -0.2) is 13.0 Å². The lowest BCUT2D eigenvalue weighted by Gasteiger charge is -2.15. The molecule has 0 aliphatic heterocycles. The molecule has 0 saturated heterocycles. The Morgan fingerprint density at radius 1 is 1.18 bits per heavy atom. The summed E-state index contributed by atoms with van der Waals surface area (Å²) in [6.07, 6.45) is 0. The number of nitrogen functional groups attached to an aromatic ring is 1. The van der Waals surface area contributed by atoms with E-state index in [9.17, 15) is 4.79 Å². The Bertz CT molecular complexity index is 529. The molecule has 4 nitrogen and oxygen atoms in total. The van der Waals surface area contributed by atoms with Crippen molar-refractivity contribution in [1.82, 2.24) is 0 Å². The normalized spacial score (nSPS) is 10.2. The summed E-state index contributed by atoms with van der Waals surface area (Å²) < 4.78 is 5.30. The van der Waals surface area contributed by atoms with Crippen LogP contribution in [-0.2, 0) is 0 Å². The average Bonchev–Trinajstić information content (AvgIpc) is 2.75. The Morgan fingerprint density at radius 2 is 1.82 bits per heavy atom. The van der Waals surface area contributed by atoms with E-state index in [1.165, 1.54) is 4.90 Å². The fraction of sp³-hybridized carbons (Fsp3) is 0.154. The van der Waals surface area contributed by atoms with E-state index in [-0.39, 0.29) is 5.91 Å². The molecule has 0 fully saturated rings. The van der Waals surface area contributed by atoms with E-state index >= 15 is 0 Å². The number of hydrogen-bond acceptors (Lipinski definition) is 3. The molecule has 88 valence electrons. The van der Waals surface area contributed by atoms with E-state index in [1.807, 2.05) is 0 Å². The Hall–Kier alpha value is -2.23. The maximum atomic E-state index is 12.0. The third-order valence-corrected chi connectivity index (χ3v) is 2.54. The molecule has 0 atom stereocenters. The largest absolute Gasteiger partial charge is 0.456 e. The predicted molar refractivity (Wildman–Crippen MR) is 67.0 cm³/mol. The molecule has 0 aliphatic rings. The summed E-state index contributed by atoms with van der Waals surface area (Å²) in [5.41, 5.74) is 7.04. The number of furan rings is 1. The monoisotopic (exact) mass is 230 g/mol. The Kier molecular flexibility index (Phi) is 2.87. The highest BCUT2D eigenvalue weighted by Gasteiger charge is 2.16. The molecular weight excluding hydrogens is 216 g/mol. The lowest BCUT2D eigenvalue weighted by atomic mass is 10.2. The number of aryl methyl sites for hydroxylation is 1. The zero-order chi connectivity index (χ0) is 12.4. The zero-order valence-corrected chi connectivity index (χ0v) is 9.81. The maximum Gasteiger partial charge on any atom is 0.293 e. The standard InChI is InChI=1S/C13H14N2O2/c1-9-3-8-12(17-9)13(16)15(2)11-6-4-10(14)5-7-11/h3-8H,14H2,1-2H3. The van der Waals surface area contributed by atoms with Crippen LogP contribution in [0, 0.1) is 6.92 Å². The number of nitrogens with two attached hydrogens (primary N) is 1. The highest BCUT2D eigenvalue weighted by atomic mass is 16.3. The highest BCUT2D eigenvalue weighted by molar-refractivity contribution is 6.03. The van der Waals surface area contributed by atoms with Crippen molar-refractivity contribution in [2.45, 2.75) is 6.92 Å². The minimum atomic E-state index is -0.178. The van der Waals surface area contributed by atoms with Gasteiger partial charge >= 0.3 is 0 Å². The van der Waals surface area contributed by atoms with Crippen molar-refractivity contribution < 1.29 is 9.21 Å². The summed E-state index contributed by atoms with van der Waals surface area (Å²) in [4.78, 5) is 13.6. The van der Waals surface area contributed by atoms with Gasteiger partial charge in [0.25, 0.3) is 5.91 Å². The van der Waals surface area contributed by atoms with Crippen LogP contribution in [0.25, 0.3) is 0 Å². The molecule has 1 amide bonds. The molecule has 2 rings (SSSR count). The second-order valence-electron chi connectivity index (χ2n) is 3.87. The topological polar surface area (TPSA) is 59.5 Å². The van der Waals surface area contributed by atoms with E-state index in [4.69, 9.17) is 10.2 Å². The molecule has 0 unspecified atom stereocenters. The highest BCUT2D eigenvalue weighted by Crippen LogP contribution is 2.18. The molecule has 2 aromatic rings. The molecule has 1 heterocycles. The van der Waals surface area contributed by atoms with Crippen LogP contribution in [0.2, 0.25) is 0 Å². The Balaban J connectivity index is 2.23. The fourth-order valence-electron chi connectivity index (χ4n) is 1.53. The summed E-state index contributed by atoms with van der Waals surface area (Å²) in [6, 6.07) is 10.5. The van der Waals surface area contributed by atoms with Gasteiger partial charge in [0.1, 0.15) is 5.76 Å². The van der Waals surface area contributed by atoms with Crippen LogP contribution in [0.3, 0.4) is 0 Å². The van der Waals surface area contributed by atoms with Crippen molar-refractivity contribution in [2.75, 3.05) is 17.7 Å². The number of carbonyl (C=O) groups excluding carboxylic acids is 1. The van der Waals surface area contributed by atoms with Crippen LogP contribution >= 0.6 is 0 Å². The molecule has 0 spiro atoms. The number of rotatable bonds is 2. The van der Waals surface area contributed by atoms with Crippen molar-refractivity contribution in [1.29, 1.82) is 0 Å². The number of anilines is 2. The number of nitrogens with zero attached hydrogens (tertiary/aromatic N) is 1. The van der Waals surface area contributed by atoms with Crippen molar-refractivity contribution >= 4 is 17.3 Å². The SMILES string of the molecule is Cc1ccc(C(=O)N(C)c2ccc(N)cc2)o1. The van der Waals surface area contributed by atoms with Gasteiger partial charge in [0.2, 0.25) is 0 Å². The van der Waals surface area contributed by atoms with Gasteiger partial charge in [0.05, 0.1) is 0 Å². The van der Waals surface area contributed by atoms with E-state index in [0.29, 0.717) is 11.4 Å². The number of hydrogen-bond donors (Lipinski definition) is 1. The van der Waals surface area contributed by atoms with Gasteiger partial charge in [-0.15, -0.1) is 0 Å². The molecule has 2 N–H and O–H groups in total. The molecule has 1 aromatic heterocycles. The summed E-state index contributed by atoms with van der Waals surface area (Å²) in [5.74, 6) is 0.878. The van der Waals surface area contributed by atoms with Gasteiger partial charge in [0, 0.05) is 18.4 Å². The molecule has 17 heavy (non-hydrogen) atoms. The van der Waals surface area contributed by atoms with Gasteiger partial charge in [-0.05, 0) is 43.3 Å². The number of benzene rings is 1. The fourth-order valence-corrected chi connectivity index (χ4v) is 1.53.